The van der Waals surface area contributed by atoms with Crippen molar-refractivity contribution in [3.05, 3.63) is 113 Å². The van der Waals surface area contributed by atoms with Gasteiger partial charge in [0.2, 0.25) is 0 Å². The molecule has 0 N–H and O–H groups in total. The van der Waals surface area contributed by atoms with Crippen LogP contribution in [0.2, 0.25) is 0 Å². The summed E-state index contributed by atoms with van der Waals surface area (Å²) in [6.07, 6.45) is 4.30. The Morgan fingerprint density at radius 2 is 1.44 bits per heavy atom. The lowest BCUT2D eigenvalue weighted by atomic mass is 9.94. The number of aromatic nitrogens is 3. The normalized spacial score (nSPS) is 14.1. The predicted molar refractivity (Wildman–Crippen MR) is 141 cm³/mol. The van der Waals surface area contributed by atoms with Crippen LogP contribution in [0.1, 0.15) is 40.1 Å². The Bertz CT molecular complexity index is 1540. The molecule has 3 nitrogen and oxygen atoms in total. The molecule has 0 radical (unpaired) electrons. The zero-order chi connectivity index (χ0) is 23.2. The molecular weight excluding hydrogens is 414 g/mol. The molecule has 2 aromatic heterocycles. The predicted octanol–water partition coefficient (Wildman–Crippen LogP) is 7.50. The topological polar surface area (TPSA) is 30.7 Å². The lowest BCUT2D eigenvalue weighted by Crippen LogP contribution is -2.00. The molecule has 3 heteroatoms. The fraction of sp³-hybridized carbons (Fsp3) is 0.161. The minimum atomic E-state index is 0.926. The highest BCUT2D eigenvalue weighted by Gasteiger charge is 2.27. The van der Waals surface area contributed by atoms with Crippen LogP contribution in [-0.2, 0) is 6.42 Å². The van der Waals surface area contributed by atoms with Gasteiger partial charge >= 0.3 is 0 Å². The second kappa shape index (κ2) is 8.11. The van der Waals surface area contributed by atoms with Crippen molar-refractivity contribution in [2.45, 2.75) is 33.6 Å². The third-order valence-corrected chi connectivity index (χ3v) is 6.80. The maximum absolute atomic E-state index is 5.28. The van der Waals surface area contributed by atoms with E-state index in [2.05, 4.69) is 99.6 Å². The molecule has 6 rings (SSSR count). The van der Waals surface area contributed by atoms with E-state index in [4.69, 9.17) is 10.1 Å². The SMILES string of the molecule is Cc1ccc(/C=C2\CCc3c2nc2c(c(C)nn2-c2ccccc2)c3-c2ccc(C)cc2)cc1. The number of pyridine rings is 1. The van der Waals surface area contributed by atoms with E-state index in [1.807, 2.05) is 10.7 Å². The Hall–Kier alpha value is -3.98. The lowest BCUT2D eigenvalue weighted by molar-refractivity contribution is 0.877. The van der Waals surface area contributed by atoms with E-state index in [-0.39, 0.29) is 0 Å². The molecule has 0 saturated carbocycles. The quantitative estimate of drug-likeness (QED) is 0.290. The summed E-state index contributed by atoms with van der Waals surface area (Å²) >= 11 is 0. The summed E-state index contributed by atoms with van der Waals surface area (Å²) in [5, 5.41) is 6.11. The van der Waals surface area contributed by atoms with Gasteiger partial charge in [0, 0.05) is 0 Å². The lowest BCUT2D eigenvalue weighted by Gasteiger charge is -2.12. The number of benzene rings is 3. The van der Waals surface area contributed by atoms with Gasteiger partial charge in [-0.05, 0) is 79.6 Å². The van der Waals surface area contributed by atoms with Crippen molar-refractivity contribution < 1.29 is 0 Å². The van der Waals surface area contributed by atoms with Gasteiger partial charge in [0.1, 0.15) is 0 Å². The van der Waals surface area contributed by atoms with Crippen LogP contribution in [0.5, 0.6) is 0 Å². The van der Waals surface area contributed by atoms with Crippen LogP contribution < -0.4 is 0 Å². The van der Waals surface area contributed by atoms with Crippen molar-refractivity contribution in [3.63, 3.8) is 0 Å². The van der Waals surface area contributed by atoms with Gasteiger partial charge in [0.15, 0.2) is 5.65 Å². The fourth-order valence-electron chi connectivity index (χ4n) is 5.03. The molecule has 0 unspecified atom stereocenters. The van der Waals surface area contributed by atoms with Gasteiger partial charge in [0.05, 0.1) is 22.5 Å². The third kappa shape index (κ3) is 3.45. The number of aryl methyl sites for hydroxylation is 3. The zero-order valence-electron chi connectivity index (χ0n) is 19.8. The Morgan fingerprint density at radius 3 is 2.15 bits per heavy atom. The summed E-state index contributed by atoms with van der Waals surface area (Å²) in [5.74, 6) is 0. The summed E-state index contributed by atoms with van der Waals surface area (Å²) in [5.41, 5.74) is 13.0. The Kier molecular flexibility index (Phi) is 4.91. The van der Waals surface area contributed by atoms with E-state index >= 15 is 0 Å². The highest BCUT2D eigenvalue weighted by Crippen LogP contribution is 2.43. The first-order valence-corrected chi connectivity index (χ1v) is 11.9. The maximum atomic E-state index is 5.28. The van der Waals surface area contributed by atoms with Gasteiger partial charge in [-0.1, -0.05) is 77.9 Å². The summed E-state index contributed by atoms with van der Waals surface area (Å²) in [6.45, 7) is 6.37. The van der Waals surface area contributed by atoms with Crippen LogP contribution in [0, 0.1) is 20.8 Å². The largest absolute Gasteiger partial charge is 0.228 e. The van der Waals surface area contributed by atoms with E-state index < -0.39 is 0 Å². The first-order valence-electron chi connectivity index (χ1n) is 11.9. The molecule has 0 spiro atoms. The van der Waals surface area contributed by atoms with Crippen LogP contribution in [-0.4, -0.2) is 14.8 Å². The van der Waals surface area contributed by atoms with Crippen LogP contribution in [0.25, 0.3) is 39.5 Å². The van der Waals surface area contributed by atoms with Gasteiger partial charge < -0.3 is 0 Å². The Balaban J connectivity index is 1.65. The monoisotopic (exact) mass is 441 g/mol. The fourth-order valence-corrected chi connectivity index (χ4v) is 5.03. The summed E-state index contributed by atoms with van der Waals surface area (Å²) in [4.78, 5) is 5.28. The average Bonchev–Trinajstić information content (AvgIpc) is 3.41. The number of hydrogen-bond donors (Lipinski definition) is 0. The van der Waals surface area contributed by atoms with Crippen molar-refractivity contribution in [3.8, 4) is 16.8 Å². The van der Waals surface area contributed by atoms with Crippen LogP contribution in [0.3, 0.4) is 0 Å². The van der Waals surface area contributed by atoms with Gasteiger partial charge in [-0.2, -0.15) is 5.10 Å². The number of hydrogen-bond acceptors (Lipinski definition) is 2. The van der Waals surface area contributed by atoms with Crippen LogP contribution in [0.4, 0.5) is 0 Å². The van der Waals surface area contributed by atoms with Gasteiger partial charge in [0.25, 0.3) is 0 Å². The Morgan fingerprint density at radius 1 is 0.765 bits per heavy atom. The molecule has 0 bridgehead atoms. The van der Waals surface area contributed by atoms with Crippen LogP contribution in [0.15, 0.2) is 78.9 Å². The van der Waals surface area contributed by atoms with Crippen molar-refractivity contribution >= 4 is 22.7 Å². The Labute approximate surface area is 200 Å². The summed E-state index contributed by atoms with van der Waals surface area (Å²) in [7, 11) is 0. The molecule has 0 aliphatic heterocycles. The molecule has 1 aliphatic rings. The van der Waals surface area contributed by atoms with E-state index in [9.17, 15) is 0 Å². The molecule has 0 atom stereocenters. The minimum Gasteiger partial charge on any atom is -0.228 e. The van der Waals surface area contributed by atoms with Crippen LogP contribution >= 0.6 is 0 Å². The number of rotatable bonds is 3. The highest BCUT2D eigenvalue weighted by molar-refractivity contribution is 6.01. The molecule has 1 aliphatic carbocycles. The number of para-hydroxylation sites is 1. The number of fused-ring (bicyclic) bond motifs is 2. The minimum absolute atomic E-state index is 0.926. The zero-order valence-corrected chi connectivity index (χ0v) is 19.8. The average molecular weight is 442 g/mol. The van der Waals surface area contributed by atoms with Crippen molar-refractivity contribution in [2.24, 2.45) is 0 Å². The van der Waals surface area contributed by atoms with E-state index in [0.717, 1.165) is 41.0 Å². The van der Waals surface area contributed by atoms with Gasteiger partial charge in [-0.15, -0.1) is 0 Å². The molecular formula is C31H27N3. The summed E-state index contributed by atoms with van der Waals surface area (Å²) < 4.78 is 2.00. The van der Waals surface area contributed by atoms with Crippen molar-refractivity contribution in [1.29, 1.82) is 0 Å². The highest BCUT2D eigenvalue weighted by atomic mass is 15.3. The maximum Gasteiger partial charge on any atom is 0.164 e. The van der Waals surface area contributed by atoms with Crippen molar-refractivity contribution in [2.75, 3.05) is 0 Å². The van der Waals surface area contributed by atoms with E-state index in [1.165, 1.54) is 39.0 Å². The van der Waals surface area contributed by atoms with Gasteiger partial charge in [-0.25, -0.2) is 9.67 Å². The van der Waals surface area contributed by atoms with E-state index in [1.54, 1.807) is 0 Å². The molecule has 166 valence electrons. The molecule has 34 heavy (non-hydrogen) atoms. The first kappa shape index (κ1) is 20.6. The van der Waals surface area contributed by atoms with Gasteiger partial charge in [-0.3, -0.25) is 0 Å². The molecule has 5 aromatic rings. The third-order valence-electron chi connectivity index (χ3n) is 6.80. The second-order valence-electron chi connectivity index (χ2n) is 9.29. The van der Waals surface area contributed by atoms with Crippen molar-refractivity contribution in [1.82, 2.24) is 14.8 Å². The summed E-state index contributed by atoms with van der Waals surface area (Å²) in [6, 6.07) is 27.9. The smallest absolute Gasteiger partial charge is 0.164 e. The second-order valence-corrected chi connectivity index (χ2v) is 9.29. The molecule has 3 aromatic carbocycles. The molecule has 0 fully saturated rings. The number of nitrogens with zero attached hydrogens (tertiary/aromatic N) is 3. The number of allylic oxidation sites excluding steroid dienone is 1. The first-order chi connectivity index (χ1) is 16.6. The molecule has 2 heterocycles. The van der Waals surface area contributed by atoms with E-state index in [0.29, 0.717) is 0 Å². The molecule has 0 amide bonds. The standard InChI is InChI=1S/C31H27N3/c1-20-9-13-23(14-10-20)19-25-17-18-27-29(24-15-11-21(2)12-16-24)28-22(3)33-34(31(28)32-30(25)27)26-7-5-4-6-8-26/h4-16,19H,17-18H2,1-3H3/b25-19+. The molecule has 0 saturated heterocycles.